The molecule has 1 aromatic carbocycles. The van der Waals surface area contributed by atoms with Gasteiger partial charge >= 0.3 is 0 Å². The van der Waals surface area contributed by atoms with Crippen LogP contribution in [0.3, 0.4) is 0 Å². The van der Waals surface area contributed by atoms with Crippen molar-refractivity contribution in [1.29, 1.82) is 0 Å². The summed E-state index contributed by atoms with van der Waals surface area (Å²) < 4.78 is 34.7. The maximum atomic E-state index is 12.0. The van der Waals surface area contributed by atoms with Crippen LogP contribution in [0.4, 0.5) is 5.69 Å². The summed E-state index contributed by atoms with van der Waals surface area (Å²) in [6.07, 6.45) is 0.312. The summed E-state index contributed by atoms with van der Waals surface area (Å²) in [4.78, 5) is 17.8. The SMILES string of the molecule is CCC(=O)N=C1S[C@@H]2CS(=O)(=O)C[C@@H]2N1c1ccc2c(c1)OCO2. The normalized spacial score (nSPS) is 28.4. The highest BCUT2D eigenvalue weighted by Gasteiger charge is 2.49. The number of rotatable bonds is 2. The minimum atomic E-state index is -3.07. The Balaban J connectivity index is 1.75. The van der Waals surface area contributed by atoms with Crippen LogP contribution in [0.15, 0.2) is 23.2 Å². The molecule has 2 fully saturated rings. The third-order valence-electron chi connectivity index (χ3n) is 4.22. The van der Waals surface area contributed by atoms with Gasteiger partial charge in [-0.15, -0.1) is 0 Å². The Hall–Kier alpha value is -1.74. The highest BCUT2D eigenvalue weighted by Crippen LogP contribution is 2.43. The minimum Gasteiger partial charge on any atom is -0.454 e. The van der Waals surface area contributed by atoms with Gasteiger partial charge in [0.2, 0.25) is 12.7 Å². The second kappa shape index (κ2) is 5.66. The molecule has 0 spiro atoms. The monoisotopic (exact) mass is 368 g/mol. The predicted molar refractivity (Wildman–Crippen MR) is 91.6 cm³/mol. The summed E-state index contributed by atoms with van der Waals surface area (Å²) in [7, 11) is -3.07. The van der Waals surface area contributed by atoms with E-state index >= 15 is 0 Å². The number of amidine groups is 1. The summed E-state index contributed by atoms with van der Waals surface area (Å²) in [5, 5.41) is 0.453. The van der Waals surface area contributed by atoms with E-state index in [9.17, 15) is 13.2 Å². The number of carbonyl (C=O) groups excluding carboxylic acids is 1. The lowest BCUT2D eigenvalue weighted by Crippen LogP contribution is -2.37. The summed E-state index contributed by atoms with van der Waals surface area (Å²) in [5.74, 6) is 1.24. The number of carbonyl (C=O) groups is 1. The fourth-order valence-electron chi connectivity index (χ4n) is 3.09. The van der Waals surface area contributed by atoms with Crippen LogP contribution in [-0.2, 0) is 14.6 Å². The standard InChI is InChI=1S/C15H16N2O5S2/c1-2-14(18)16-15-17(10-6-24(19,20)7-13(10)23-15)9-3-4-11-12(5-9)22-8-21-11/h3-5,10,13H,2,6-8H2,1H3/t10-,13+/m0/s1. The molecule has 0 radical (unpaired) electrons. The number of anilines is 1. The van der Waals surface area contributed by atoms with E-state index in [1.165, 1.54) is 11.8 Å². The molecule has 4 rings (SSSR count). The number of benzene rings is 1. The molecule has 0 unspecified atom stereocenters. The van der Waals surface area contributed by atoms with E-state index in [4.69, 9.17) is 9.47 Å². The highest BCUT2D eigenvalue weighted by atomic mass is 32.2. The molecule has 0 N–H and O–H groups in total. The van der Waals surface area contributed by atoms with E-state index in [-0.39, 0.29) is 35.5 Å². The van der Waals surface area contributed by atoms with Crippen LogP contribution < -0.4 is 14.4 Å². The van der Waals surface area contributed by atoms with Gasteiger partial charge in [-0.1, -0.05) is 18.7 Å². The lowest BCUT2D eigenvalue weighted by atomic mass is 10.2. The fraction of sp³-hybridized carbons (Fsp3) is 0.467. The molecular formula is C15H16N2O5S2. The molecule has 3 heterocycles. The molecule has 3 aliphatic rings. The van der Waals surface area contributed by atoms with E-state index in [0.29, 0.717) is 23.1 Å². The number of sulfone groups is 1. The topological polar surface area (TPSA) is 85.3 Å². The van der Waals surface area contributed by atoms with E-state index in [0.717, 1.165) is 5.69 Å². The maximum absolute atomic E-state index is 12.0. The summed E-state index contributed by atoms with van der Waals surface area (Å²) in [5.41, 5.74) is 0.763. The van der Waals surface area contributed by atoms with Gasteiger partial charge in [0.05, 0.1) is 17.5 Å². The average Bonchev–Trinajstić information content (AvgIpc) is 3.18. The molecule has 24 heavy (non-hydrogen) atoms. The lowest BCUT2D eigenvalue weighted by molar-refractivity contribution is -0.117. The minimum absolute atomic E-state index is 0.0679. The number of fused-ring (bicyclic) bond motifs is 2. The van der Waals surface area contributed by atoms with Gasteiger partial charge < -0.3 is 14.4 Å². The maximum Gasteiger partial charge on any atom is 0.247 e. The Morgan fingerprint density at radius 2 is 2.12 bits per heavy atom. The van der Waals surface area contributed by atoms with Crippen LogP contribution in [-0.4, -0.2) is 49.1 Å². The number of nitrogens with zero attached hydrogens (tertiary/aromatic N) is 2. The number of ether oxygens (including phenoxy) is 2. The Morgan fingerprint density at radius 1 is 1.33 bits per heavy atom. The highest BCUT2D eigenvalue weighted by molar-refractivity contribution is 8.16. The lowest BCUT2D eigenvalue weighted by Gasteiger charge is -2.24. The van der Waals surface area contributed by atoms with E-state index in [2.05, 4.69) is 4.99 Å². The van der Waals surface area contributed by atoms with Crippen molar-refractivity contribution < 1.29 is 22.7 Å². The summed E-state index contributed by atoms with van der Waals surface area (Å²) >= 11 is 1.37. The van der Waals surface area contributed by atoms with Crippen LogP contribution in [0.25, 0.3) is 0 Å². The number of amides is 1. The molecule has 0 aliphatic carbocycles. The largest absolute Gasteiger partial charge is 0.454 e. The molecular weight excluding hydrogens is 352 g/mol. The number of aliphatic imine (C=N–C) groups is 1. The predicted octanol–water partition coefficient (Wildman–Crippen LogP) is 1.43. The van der Waals surface area contributed by atoms with Crippen molar-refractivity contribution in [3.8, 4) is 11.5 Å². The van der Waals surface area contributed by atoms with Crippen molar-refractivity contribution in [1.82, 2.24) is 0 Å². The van der Waals surface area contributed by atoms with Crippen LogP contribution >= 0.6 is 11.8 Å². The number of hydrogen-bond acceptors (Lipinski definition) is 6. The molecule has 1 aromatic rings. The molecule has 3 aliphatic heterocycles. The first-order valence-electron chi connectivity index (χ1n) is 7.64. The summed E-state index contributed by atoms with van der Waals surface area (Å²) in [6.45, 7) is 1.92. The van der Waals surface area contributed by atoms with Crippen LogP contribution in [0.1, 0.15) is 13.3 Å². The second-order valence-electron chi connectivity index (χ2n) is 5.85. The van der Waals surface area contributed by atoms with Crippen molar-refractivity contribution in [2.75, 3.05) is 23.2 Å². The average molecular weight is 368 g/mol. The number of thioether (sulfide) groups is 1. The molecule has 0 aromatic heterocycles. The fourth-order valence-corrected chi connectivity index (χ4v) is 7.02. The first-order chi connectivity index (χ1) is 11.5. The summed E-state index contributed by atoms with van der Waals surface area (Å²) in [6, 6.07) is 5.22. The van der Waals surface area contributed by atoms with Gasteiger partial charge in [-0.2, -0.15) is 4.99 Å². The molecule has 1 amide bonds. The van der Waals surface area contributed by atoms with E-state index < -0.39 is 9.84 Å². The van der Waals surface area contributed by atoms with Crippen LogP contribution in [0, 0.1) is 0 Å². The Kier molecular flexibility index (Phi) is 3.72. The number of hydrogen-bond donors (Lipinski definition) is 0. The zero-order valence-electron chi connectivity index (χ0n) is 13.0. The Labute approximate surface area is 143 Å². The zero-order chi connectivity index (χ0) is 16.9. The van der Waals surface area contributed by atoms with Crippen molar-refractivity contribution >= 4 is 38.4 Å². The van der Waals surface area contributed by atoms with Crippen molar-refractivity contribution in [2.45, 2.75) is 24.6 Å². The molecule has 128 valence electrons. The second-order valence-corrected chi connectivity index (χ2v) is 9.21. The molecule has 7 nitrogen and oxygen atoms in total. The van der Waals surface area contributed by atoms with Gasteiger partial charge in [-0.3, -0.25) is 4.79 Å². The molecule has 2 atom stereocenters. The van der Waals surface area contributed by atoms with Crippen molar-refractivity contribution in [3.63, 3.8) is 0 Å². The van der Waals surface area contributed by atoms with Gasteiger partial charge in [-0.05, 0) is 12.1 Å². The molecule has 0 saturated carbocycles. The van der Waals surface area contributed by atoms with Crippen molar-refractivity contribution in [2.24, 2.45) is 4.99 Å². The van der Waals surface area contributed by atoms with Gasteiger partial charge in [0.25, 0.3) is 0 Å². The Morgan fingerprint density at radius 3 is 2.92 bits per heavy atom. The molecule has 0 bridgehead atoms. The van der Waals surface area contributed by atoms with Gasteiger partial charge in [-0.25, -0.2) is 8.42 Å². The van der Waals surface area contributed by atoms with Crippen LogP contribution in [0.2, 0.25) is 0 Å². The smallest absolute Gasteiger partial charge is 0.247 e. The Bertz CT molecular complexity index is 836. The van der Waals surface area contributed by atoms with Gasteiger partial charge in [0.15, 0.2) is 26.5 Å². The van der Waals surface area contributed by atoms with Gasteiger partial charge in [0.1, 0.15) is 0 Å². The third-order valence-corrected chi connectivity index (χ3v) is 7.43. The van der Waals surface area contributed by atoms with E-state index in [1.807, 2.05) is 17.0 Å². The first kappa shape index (κ1) is 15.8. The zero-order valence-corrected chi connectivity index (χ0v) is 14.6. The van der Waals surface area contributed by atoms with Gasteiger partial charge in [0, 0.05) is 23.4 Å². The molecule has 2 saturated heterocycles. The van der Waals surface area contributed by atoms with Crippen LogP contribution in [0.5, 0.6) is 11.5 Å². The first-order valence-corrected chi connectivity index (χ1v) is 10.3. The quantitative estimate of drug-likeness (QED) is 0.780. The third kappa shape index (κ3) is 2.65. The molecule has 9 heteroatoms. The van der Waals surface area contributed by atoms with Crippen molar-refractivity contribution in [3.05, 3.63) is 18.2 Å². The van der Waals surface area contributed by atoms with E-state index in [1.54, 1.807) is 13.0 Å².